The molecule has 18 heavy (non-hydrogen) atoms. The molecule has 0 aliphatic rings. The van der Waals surface area contributed by atoms with E-state index in [1.54, 1.807) is 0 Å². The third kappa shape index (κ3) is 1.95. The Morgan fingerprint density at radius 2 is 1.78 bits per heavy atom. The Morgan fingerprint density at radius 1 is 1.11 bits per heavy atom. The second-order valence-electron chi connectivity index (χ2n) is 3.49. The van der Waals surface area contributed by atoms with E-state index < -0.39 is 32.4 Å². The summed E-state index contributed by atoms with van der Waals surface area (Å²) in [5, 5.41) is 4.30. The molecular weight excluding hydrogens is 266 g/mol. The number of nitrogen functional groups attached to an aromatic ring is 1. The molecule has 0 aliphatic heterocycles. The quantitative estimate of drug-likeness (QED) is 0.809. The molecule has 1 aromatic carbocycles. The molecule has 0 fully saturated rings. The summed E-state index contributed by atoms with van der Waals surface area (Å²) < 4.78 is 53.9. The van der Waals surface area contributed by atoms with Gasteiger partial charge in [0.1, 0.15) is 11.5 Å². The van der Waals surface area contributed by atoms with E-state index in [9.17, 15) is 17.2 Å². The molecule has 0 spiro atoms. The highest BCUT2D eigenvalue weighted by Crippen LogP contribution is 2.32. The van der Waals surface area contributed by atoms with E-state index in [4.69, 9.17) is 15.3 Å². The van der Waals surface area contributed by atoms with Crippen molar-refractivity contribution < 1.29 is 21.6 Å². The van der Waals surface area contributed by atoms with E-state index >= 15 is 0 Å². The minimum absolute atomic E-state index is 0.110. The molecule has 0 unspecified atom stereocenters. The summed E-state index contributed by atoms with van der Waals surface area (Å²) in [5.41, 5.74) is 4.17. The van der Waals surface area contributed by atoms with Crippen molar-refractivity contribution in [2.75, 3.05) is 5.73 Å². The number of primary sulfonamides is 1. The Morgan fingerprint density at radius 3 is 2.39 bits per heavy atom. The predicted molar refractivity (Wildman–Crippen MR) is 59.8 cm³/mol. The van der Waals surface area contributed by atoms with Crippen LogP contribution in [0.25, 0.3) is 11.1 Å². The van der Waals surface area contributed by atoms with Crippen molar-refractivity contribution in [1.29, 1.82) is 0 Å². The van der Waals surface area contributed by atoms with Crippen LogP contribution in [0.5, 0.6) is 0 Å². The summed E-state index contributed by atoms with van der Waals surface area (Å²) in [6, 6.07) is 3.18. The first kappa shape index (κ1) is 12.5. The number of benzene rings is 1. The minimum atomic E-state index is -4.15. The van der Waals surface area contributed by atoms with E-state index in [1.165, 1.54) is 6.07 Å². The fourth-order valence-corrected chi connectivity index (χ4v) is 2.17. The molecule has 4 N–H and O–H groups in total. The standard InChI is InChI=1S/C10H8F2N2O3S/c11-7-2-1-5(8(12)9(7)13)6-3-4-17-10(6)18(14,15)16/h1-4H,13H2,(H2,14,15,16). The Balaban J connectivity index is 2.72. The number of halogens is 2. The van der Waals surface area contributed by atoms with E-state index in [2.05, 4.69) is 0 Å². The van der Waals surface area contributed by atoms with Crippen LogP contribution in [0.2, 0.25) is 0 Å². The zero-order valence-corrected chi connectivity index (χ0v) is 9.67. The normalized spacial score (nSPS) is 11.7. The monoisotopic (exact) mass is 274 g/mol. The van der Waals surface area contributed by atoms with Gasteiger partial charge in [-0.1, -0.05) is 0 Å². The molecule has 0 saturated heterocycles. The van der Waals surface area contributed by atoms with Crippen molar-refractivity contribution in [3.8, 4) is 11.1 Å². The maximum Gasteiger partial charge on any atom is 0.272 e. The Kier molecular flexibility index (Phi) is 2.83. The Hall–Kier alpha value is -1.93. The van der Waals surface area contributed by atoms with Crippen molar-refractivity contribution in [2.45, 2.75) is 5.09 Å². The lowest BCUT2D eigenvalue weighted by Crippen LogP contribution is -2.12. The predicted octanol–water partition coefficient (Wildman–Crippen LogP) is 1.45. The van der Waals surface area contributed by atoms with Crippen LogP contribution in [0.15, 0.2) is 34.0 Å². The first-order valence-electron chi connectivity index (χ1n) is 4.66. The summed E-state index contributed by atoms with van der Waals surface area (Å²) in [7, 11) is -4.15. The van der Waals surface area contributed by atoms with Crippen molar-refractivity contribution in [3.05, 3.63) is 36.1 Å². The second-order valence-corrected chi connectivity index (χ2v) is 4.95. The third-order valence-electron chi connectivity index (χ3n) is 2.30. The van der Waals surface area contributed by atoms with Crippen molar-refractivity contribution in [3.63, 3.8) is 0 Å². The summed E-state index contributed by atoms with van der Waals surface area (Å²) >= 11 is 0. The second kappa shape index (κ2) is 4.07. The van der Waals surface area contributed by atoms with Crippen LogP contribution in [0, 0.1) is 11.6 Å². The molecule has 0 atom stereocenters. The van der Waals surface area contributed by atoms with Crippen LogP contribution in [-0.2, 0) is 10.0 Å². The number of furan rings is 1. The lowest BCUT2D eigenvalue weighted by Gasteiger charge is -2.05. The smallest absolute Gasteiger partial charge is 0.272 e. The summed E-state index contributed by atoms with van der Waals surface area (Å²) in [4.78, 5) is 0. The van der Waals surface area contributed by atoms with Crippen LogP contribution in [0.1, 0.15) is 0 Å². The Labute approximate surface area is 101 Å². The van der Waals surface area contributed by atoms with Gasteiger partial charge >= 0.3 is 0 Å². The minimum Gasteiger partial charge on any atom is -0.451 e. The number of hydrogen-bond donors (Lipinski definition) is 2. The molecule has 0 bridgehead atoms. The van der Waals surface area contributed by atoms with Crippen LogP contribution in [0.3, 0.4) is 0 Å². The van der Waals surface area contributed by atoms with E-state index in [0.717, 1.165) is 18.4 Å². The van der Waals surface area contributed by atoms with Crippen LogP contribution < -0.4 is 10.9 Å². The summed E-state index contributed by atoms with van der Waals surface area (Å²) in [6.07, 6.45) is 1.04. The van der Waals surface area contributed by atoms with Gasteiger partial charge in [0.2, 0.25) is 5.09 Å². The number of nitrogens with two attached hydrogens (primary N) is 2. The first-order valence-corrected chi connectivity index (χ1v) is 6.21. The fourth-order valence-electron chi connectivity index (χ4n) is 1.49. The van der Waals surface area contributed by atoms with Gasteiger partial charge in [-0.15, -0.1) is 0 Å². The van der Waals surface area contributed by atoms with Crippen molar-refractivity contribution in [1.82, 2.24) is 0 Å². The molecule has 5 nitrogen and oxygen atoms in total. The first-order chi connectivity index (χ1) is 8.32. The number of sulfonamides is 1. The van der Waals surface area contributed by atoms with Gasteiger partial charge in [0.15, 0.2) is 5.82 Å². The highest BCUT2D eigenvalue weighted by atomic mass is 32.2. The largest absolute Gasteiger partial charge is 0.451 e. The molecule has 2 aromatic rings. The lowest BCUT2D eigenvalue weighted by atomic mass is 10.1. The molecule has 0 radical (unpaired) electrons. The van der Waals surface area contributed by atoms with Gasteiger partial charge in [-0.3, -0.25) is 0 Å². The van der Waals surface area contributed by atoms with Crippen molar-refractivity contribution in [2.24, 2.45) is 5.14 Å². The SMILES string of the molecule is Nc1c(F)ccc(-c2ccoc2S(N)(=O)=O)c1F. The molecule has 0 amide bonds. The molecule has 96 valence electrons. The van der Waals surface area contributed by atoms with E-state index in [1.807, 2.05) is 0 Å². The third-order valence-corrected chi connectivity index (χ3v) is 3.14. The average molecular weight is 274 g/mol. The number of rotatable bonds is 2. The van der Waals surface area contributed by atoms with E-state index in [0.29, 0.717) is 0 Å². The number of anilines is 1. The van der Waals surface area contributed by atoms with Crippen LogP contribution >= 0.6 is 0 Å². The van der Waals surface area contributed by atoms with Crippen LogP contribution in [0.4, 0.5) is 14.5 Å². The summed E-state index contributed by atoms with van der Waals surface area (Å²) in [6.45, 7) is 0. The van der Waals surface area contributed by atoms with Gasteiger partial charge in [-0.25, -0.2) is 22.3 Å². The van der Waals surface area contributed by atoms with E-state index in [-0.39, 0.29) is 11.1 Å². The molecule has 1 aromatic heterocycles. The molecule has 1 heterocycles. The van der Waals surface area contributed by atoms with Gasteiger partial charge in [0.25, 0.3) is 10.0 Å². The summed E-state index contributed by atoms with van der Waals surface area (Å²) in [5.74, 6) is -2.00. The van der Waals surface area contributed by atoms with Gasteiger partial charge in [-0.2, -0.15) is 0 Å². The van der Waals surface area contributed by atoms with Gasteiger partial charge in [0.05, 0.1) is 6.26 Å². The maximum absolute atomic E-state index is 13.8. The fraction of sp³-hybridized carbons (Fsp3) is 0. The average Bonchev–Trinajstić information content (AvgIpc) is 2.74. The topological polar surface area (TPSA) is 99.3 Å². The zero-order valence-electron chi connectivity index (χ0n) is 8.85. The molecular formula is C10H8F2N2O3S. The van der Waals surface area contributed by atoms with Gasteiger partial charge < -0.3 is 10.2 Å². The lowest BCUT2D eigenvalue weighted by molar-refractivity contribution is 0.452. The molecule has 0 saturated carbocycles. The number of hydrogen-bond acceptors (Lipinski definition) is 4. The molecule has 0 aliphatic carbocycles. The van der Waals surface area contributed by atoms with Crippen LogP contribution in [-0.4, -0.2) is 8.42 Å². The Bertz CT molecular complexity index is 710. The zero-order chi connectivity index (χ0) is 13.5. The maximum atomic E-state index is 13.8. The van der Waals surface area contributed by atoms with Crippen molar-refractivity contribution >= 4 is 15.7 Å². The molecule has 8 heteroatoms. The highest BCUT2D eigenvalue weighted by Gasteiger charge is 2.23. The highest BCUT2D eigenvalue weighted by molar-refractivity contribution is 7.89. The molecule has 2 rings (SSSR count). The van der Waals surface area contributed by atoms with Gasteiger partial charge in [0, 0.05) is 11.1 Å². The van der Waals surface area contributed by atoms with Gasteiger partial charge in [-0.05, 0) is 18.2 Å².